The molecule has 0 spiro atoms. The summed E-state index contributed by atoms with van der Waals surface area (Å²) < 4.78 is 0. The molecule has 10 nitrogen and oxygen atoms in total. The van der Waals surface area contributed by atoms with Crippen LogP contribution in [0, 0.1) is 27.7 Å². The minimum Gasteiger partial charge on any atom is -0.508 e. The van der Waals surface area contributed by atoms with E-state index in [0.29, 0.717) is 33.4 Å². The third kappa shape index (κ3) is 6.96. The molecule has 0 amide bonds. The largest absolute Gasteiger partial charge is 0.508 e. The summed E-state index contributed by atoms with van der Waals surface area (Å²) in [5, 5.41) is 70.2. The zero-order valence-corrected chi connectivity index (χ0v) is 26.8. The molecule has 47 heavy (non-hydrogen) atoms. The third-order valence-electron chi connectivity index (χ3n) is 7.61. The van der Waals surface area contributed by atoms with Crippen molar-refractivity contribution in [2.24, 2.45) is 30.7 Å². The van der Waals surface area contributed by atoms with Crippen LogP contribution in [0.5, 0.6) is 23.0 Å². The summed E-state index contributed by atoms with van der Waals surface area (Å²) in [5.74, 6) is -0.464. The molecule has 11 heteroatoms. The van der Waals surface area contributed by atoms with Crippen LogP contribution >= 0.6 is 0 Å². The fourth-order valence-corrected chi connectivity index (χ4v) is 5.25. The second-order valence-corrected chi connectivity index (χ2v) is 11.2. The number of benzene rings is 6. The Morgan fingerprint density at radius 3 is 1.89 bits per heavy atom. The molecule has 239 valence electrons. The minimum atomic E-state index is -0.195. The van der Waals surface area contributed by atoms with E-state index in [2.05, 4.69) is 56.7 Å². The third-order valence-corrected chi connectivity index (χ3v) is 7.61. The quantitative estimate of drug-likeness (QED) is 0.102. The first-order chi connectivity index (χ1) is 22.0. The molecule has 0 aromatic heterocycles. The molecule has 0 unspecified atom stereocenters. The smallest absolute Gasteiger partial charge is 0.151 e. The van der Waals surface area contributed by atoms with Gasteiger partial charge in [0.25, 0.3) is 0 Å². The summed E-state index contributed by atoms with van der Waals surface area (Å²) in [5.41, 5.74) is 6.16. The van der Waals surface area contributed by atoms with Crippen molar-refractivity contribution in [2.45, 2.75) is 27.7 Å². The van der Waals surface area contributed by atoms with Crippen LogP contribution in [0.3, 0.4) is 0 Å². The summed E-state index contributed by atoms with van der Waals surface area (Å²) in [4.78, 5) is 0. The molecule has 0 aliphatic carbocycles. The number of hydrogen-bond donors (Lipinski definition) is 4. The second-order valence-electron chi connectivity index (χ2n) is 11.2. The van der Waals surface area contributed by atoms with E-state index in [1.165, 1.54) is 35.4 Å². The SMILES string of the molecule is Cc1cc(C)c2cc(N=Nc3cc(O)c(N=Nc4c(C)cc5cc(N=Nc6ccc(O)cc6O)ccc5c4O)cc3C)ccc2c1.[Cu]. The Balaban J connectivity index is 0.00000433. The Morgan fingerprint density at radius 2 is 1.13 bits per heavy atom. The number of phenols is 4. The van der Waals surface area contributed by atoms with Gasteiger partial charge in [-0.1, -0.05) is 23.8 Å². The molecular formula is C36H30CuN6O4. The van der Waals surface area contributed by atoms with Crippen molar-refractivity contribution in [2.75, 3.05) is 0 Å². The monoisotopic (exact) mass is 673 g/mol. The van der Waals surface area contributed by atoms with Crippen LogP contribution in [0.2, 0.25) is 0 Å². The first-order valence-corrected chi connectivity index (χ1v) is 14.4. The summed E-state index contributed by atoms with van der Waals surface area (Å²) in [6, 6.07) is 24.3. The maximum absolute atomic E-state index is 11.1. The molecule has 0 saturated heterocycles. The summed E-state index contributed by atoms with van der Waals surface area (Å²) in [7, 11) is 0. The van der Waals surface area contributed by atoms with Crippen molar-refractivity contribution in [3.8, 4) is 23.0 Å². The summed E-state index contributed by atoms with van der Waals surface area (Å²) >= 11 is 0. The molecule has 1 radical (unpaired) electrons. The van der Waals surface area contributed by atoms with Crippen LogP contribution in [0.1, 0.15) is 22.3 Å². The molecule has 0 fully saturated rings. The molecule has 0 saturated carbocycles. The number of fused-ring (bicyclic) bond motifs is 2. The Bertz CT molecular complexity index is 2270. The molecule has 0 heterocycles. The van der Waals surface area contributed by atoms with Crippen molar-refractivity contribution in [1.29, 1.82) is 0 Å². The number of phenolic OH excluding ortho intramolecular Hbond substituents is 4. The van der Waals surface area contributed by atoms with Gasteiger partial charge in [0.05, 0.1) is 17.1 Å². The van der Waals surface area contributed by atoms with Crippen LogP contribution in [0.4, 0.5) is 34.1 Å². The van der Waals surface area contributed by atoms with Gasteiger partial charge in [-0.3, -0.25) is 0 Å². The number of azo groups is 3. The van der Waals surface area contributed by atoms with E-state index in [0.717, 1.165) is 16.3 Å². The first kappa shape index (κ1) is 32.7. The predicted octanol–water partition coefficient (Wildman–Crippen LogP) is 11.3. The molecule has 0 atom stereocenters. The molecular weight excluding hydrogens is 644 g/mol. The van der Waals surface area contributed by atoms with Gasteiger partial charge in [0, 0.05) is 34.6 Å². The van der Waals surface area contributed by atoms with Crippen LogP contribution in [0.25, 0.3) is 21.5 Å². The van der Waals surface area contributed by atoms with Gasteiger partial charge in [-0.2, -0.15) is 15.3 Å². The van der Waals surface area contributed by atoms with E-state index in [1.54, 1.807) is 31.2 Å². The van der Waals surface area contributed by atoms with E-state index in [4.69, 9.17) is 0 Å². The number of rotatable bonds is 6. The number of nitrogens with zero attached hydrogens (tertiary/aromatic N) is 6. The topological polar surface area (TPSA) is 155 Å². The number of aromatic hydroxyl groups is 4. The second kappa shape index (κ2) is 13.4. The van der Waals surface area contributed by atoms with Gasteiger partial charge in [0.15, 0.2) is 5.75 Å². The zero-order valence-electron chi connectivity index (χ0n) is 25.9. The van der Waals surface area contributed by atoms with Gasteiger partial charge in [0.1, 0.15) is 34.3 Å². The number of hydrogen-bond acceptors (Lipinski definition) is 10. The van der Waals surface area contributed by atoms with Crippen molar-refractivity contribution >= 4 is 55.7 Å². The minimum absolute atomic E-state index is 0. The molecule has 0 aliphatic heterocycles. The Morgan fingerprint density at radius 1 is 0.447 bits per heavy atom. The molecule has 6 rings (SSSR count). The van der Waals surface area contributed by atoms with Crippen molar-refractivity contribution in [3.05, 3.63) is 107 Å². The standard InChI is InChI=1S/C36H30N6O4.Cu/c1-19-11-20(2)29-16-26(6-5-23(29)12-19)38-40-31-18-34(45)32(14-21(31)3)41-42-35-22(4)13-24-15-25(7-9-28(24)36(35)46)37-39-30-10-8-27(43)17-33(30)44;/h5-18,43-46H,1-4H3;. The Hall–Kier alpha value is -5.64. The van der Waals surface area contributed by atoms with E-state index in [1.807, 2.05) is 31.2 Å². The van der Waals surface area contributed by atoms with Gasteiger partial charge in [-0.15, -0.1) is 15.3 Å². The van der Waals surface area contributed by atoms with E-state index < -0.39 is 0 Å². The van der Waals surface area contributed by atoms with Gasteiger partial charge >= 0.3 is 0 Å². The van der Waals surface area contributed by atoms with Gasteiger partial charge in [-0.05, 0) is 115 Å². The van der Waals surface area contributed by atoms with E-state index in [-0.39, 0.29) is 57.1 Å². The average Bonchev–Trinajstić information content (AvgIpc) is 3.01. The van der Waals surface area contributed by atoms with E-state index >= 15 is 0 Å². The van der Waals surface area contributed by atoms with Crippen LogP contribution < -0.4 is 0 Å². The molecule has 0 bridgehead atoms. The van der Waals surface area contributed by atoms with E-state index in [9.17, 15) is 20.4 Å². The fourth-order valence-electron chi connectivity index (χ4n) is 5.25. The maximum atomic E-state index is 11.1. The van der Waals surface area contributed by atoms with Crippen LogP contribution in [-0.2, 0) is 17.1 Å². The van der Waals surface area contributed by atoms with Gasteiger partial charge in [-0.25, -0.2) is 0 Å². The molecule has 6 aromatic rings. The number of aryl methyl sites for hydroxylation is 4. The van der Waals surface area contributed by atoms with Crippen LogP contribution in [0.15, 0.2) is 116 Å². The average molecular weight is 674 g/mol. The molecule has 4 N–H and O–H groups in total. The predicted molar refractivity (Wildman–Crippen MR) is 179 cm³/mol. The summed E-state index contributed by atoms with van der Waals surface area (Å²) in [6.45, 7) is 7.78. The van der Waals surface area contributed by atoms with Gasteiger partial charge < -0.3 is 20.4 Å². The fraction of sp³-hybridized carbons (Fsp3) is 0.111. The van der Waals surface area contributed by atoms with Crippen LogP contribution in [-0.4, -0.2) is 20.4 Å². The summed E-state index contributed by atoms with van der Waals surface area (Å²) in [6.07, 6.45) is 0. The van der Waals surface area contributed by atoms with Crippen molar-refractivity contribution in [3.63, 3.8) is 0 Å². The molecule has 6 aromatic carbocycles. The first-order valence-electron chi connectivity index (χ1n) is 14.4. The van der Waals surface area contributed by atoms with Gasteiger partial charge in [0.2, 0.25) is 0 Å². The molecule has 0 aliphatic rings. The normalized spacial score (nSPS) is 11.7. The van der Waals surface area contributed by atoms with Crippen molar-refractivity contribution in [1.82, 2.24) is 0 Å². The Labute approximate surface area is 281 Å². The Kier molecular flexibility index (Phi) is 9.32. The maximum Gasteiger partial charge on any atom is 0.151 e. The van der Waals surface area contributed by atoms with Crippen molar-refractivity contribution < 1.29 is 37.5 Å². The zero-order chi connectivity index (χ0) is 32.5.